The lowest BCUT2D eigenvalue weighted by atomic mass is 9.85. The van der Waals surface area contributed by atoms with Crippen LogP contribution in [-0.4, -0.2) is 146 Å². The summed E-state index contributed by atoms with van der Waals surface area (Å²) in [6, 6.07) is 10.8. The van der Waals surface area contributed by atoms with Crippen LogP contribution in [0.1, 0.15) is 96.9 Å². The van der Waals surface area contributed by atoms with Crippen molar-refractivity contribution in [2.45, 2.75) is 128 Å². The van der Waals surface area contributed by atoms with Crippen molar-refractivity contribution in [2.24, 2.45) is 5.41 Å². The Bertz CT molecular complexity index is 3240. The molecule has 3 aromatic heterocycles. The number of nitrogens with one attached hydrogen (secondary N) is 3. The number of carbonyl (C=O) groups excluding carboxylic acids is 3. The van der Waals surface area contributed by atoms with Gasteiger partial charge in [0.1, 0.15) is 41.5 Å². The van der Waals surface area contributed by atoms with E-state index in [0.717, 1.165) is 66.1 Å². The smallest absolute Gasteiger partial charge is 0.319 e. The second-order valence-corrected chi connectivity index (χ2v) is 23.8. The van der Waals surface area contributed by atoms with E-state index in [1.54, 1.807) is 11.3 Å². The highest BCUT2D eigenvalue weighted by molar-refractivity contribution is 7.13. The van der Waals surface area contributed by atoms with Crippen LogP contribution in [0.15, 0.2) is 60.2 Å². The average Bonchev–Trinajstić information content (AvgIpc) is 4.35. The number of pyridine rings is 1. The van der Waals surface area contributed by atoms with Crippen LogP contribution >= 0.6 is 11.3 Å². The zero-order valence-electron chi connectivity index (χ0n) is 45.5. The van der Waals surface area contributed by atoms with Crippen LogP contribution in [0.25, 0.3) is 43.4 Å². The van der Waals surface area contributed by atoms with Crippen LogP contribution in [0.3, 0.4) is 0 Å². The molecule has 79 heavy (non-hydrogen) atoms. The number of likely N-dealkylation sites (tertiary alicyclic amines) is 2. The molecule has 0 saturated carbocycles. The maximum atomic E-state index is 17.0. The molecule has 0 spiro atoms. The molecule has 3 aromatic carbocycles. The van der Waals surface area contributed by atoms with Gasteiger partial charge in [-0.05, 0) is 99.5 Å². The lowest BCUT2D eigenvalue weighted by molar-refractivity contribution is -0.144. The van der Waals surface area contributed by atoms with Gasteiger partial charge in [0.15, 0.2) is 17.5 Å². The number of benzene rings is 3. The number of aliphatic hydroxyl groups excluding tert-OH is 1. The number of hydrogen-bond acceptors (Lipinski definition) is 15. The van der Waals surface area contributed by atoms with Crippen molar-refractivity contribution in [3.63, 3.8) is 0 Å². The number of aryl methyl sites for hydroxylation is 1. The highest BCUT2D eigenvalue weighted by atomic mass is 32.1. The van der Waals surface area contributed by atoms with E-state index in [9.17, 15) is 29.0 Å². The third kappa shape index (κ3) is 11.9. The Morgan fingerprint density at radius 2 is 1.73 bits per heavy atom. The maximum absolute atomic E-state index is 17.0. The zero-order valence-corrected chi connectivity index (χ0v) is 46.3. The third-order valence-electron chi connectivity index (χ3n) is 16.1. The number of aromatic hydroxyl groups is 1. The molecule has 3 amide bonds. The largest absolute Gasteiger partial charge is 0.508 e. The normalized spacial score (nSPS) is 22.2. The van der Waals surface area contributed by atoms with Crippen molar-refractivity contribution in [1.29, 1.82) is 0 Å². The predicted molar refractivity (Wildman–Crippen MR) is 295 cm³/mol. The van der Waals surface area contributed by atoms with Gasteiger partial charge in [-0.1, -0.05) is 51.1 Å². The molecule has 6 aromatic rings. The molecule has 4 aliphatic rings. The lowest BCUT2D eigenvalue weighted by Gasteiger charge is -2.35. The second kappa shape index (κ2) is 22.9. The number of aromatic nitrogens is 4. The fourth-order valence-corrected chi connectivity index (χ4v) is 12.6. The first-order chi connectivity index (χ1) is 37.7. The van der Waals surface area contributed by atoms with Gasteiger partial charge in [0.25, 0.3) is 0 Å². The number of piperazine rings is 1. The second-order valence-electron chi connectivity index (χ2n) is 23.0. The van der Waals surface area contributed by atoms with Gasteiger partial charge in [0.05, 0.1) is 45.8 Å². The quantitative estimate of drug-likeness (QED) is 0.0522. The number of halogens is 3. The predicted octanol–water partition coefficient (Wildman–Crippen LogP) is 7.74. The number of amides is 3. The number of fused-ring (bicyclic) bond motifs is 4. The van der Waals surface area contributed by atoms with Crippen LogP contribution in [0.2, 0.25) is 0 Å². The molecule has 17 nitrogen and oxygen atoms in total. The van der Waals surface area contributed by atoms with E-state index in [1.165, 1.54) is 23.2 Å². The SMILES string of the molecule is Cc1ncsc1-c1ccc([C@H](C)NC(=O)[C@@H]2C[C@@H](O)CN2C(=O)[C@@H](NC(=O)CCOCCCN2CCC[C@@]2(C)COc2nc(N3CC4CCC(C3)N4)c3cnc(-c4cc(O)cc5ccc(F)c(F)c45)c(F)c3n2)C(C)(C)C)cc1. The number of carbonyl (C=O) groups is 3. The van der Waals surface area contributed by atoms with Gasteiger partial charge in [-0.15, -0.1) is 11.3 Å². The summed E-state index contributed by atoms with van der Waals surface area (Å²) in [5.41, 5.74) is 2.98. The van der Waals surface area contributed by atoms with Crippen molar-refractivity contribution in [3.05, 3.63) is 88.9 Å². The molecule has 4 aliphatic heterocycles. The van der Waals surface area contributed by atoms with E-state index >= 15 is 8.78 Å². The topological polar surface area (TPSA) is 208 Å². The molecule has 7 atom stereocenters. The summed E-state index contributed by atoms with van der Waals surface area (Å²) >= 11 is 1.57. The van der Waals surface area contributed by atoms with Gasteiger partial charge >= 0.3 is 6.01 Å². The van der Waals surface area contributed by atoms with Crippen LogP contribution in [0.5, 0.6) is 11.8 Å². The average molecular weight is 1110 g/mol. The van der Waals surface area contributed by atoms with Crippen molar-refractivity contribution in [2.75, 3.05) is 57.4 Å². The molecule has 0 radical (unpaired) electrons. The van der Waals surface area contributed by atoms with Gasteiger partial charge in [-0.2, -0.15) is 9.97 Å². The Balaban J connectivity index is 0.740. The van der Waals surface area contributed by atoms with Gasteiger partial charge in [-0.25, -0.2) is 18.2 Å². The van der Waals surface area contributed by atoms with Crippen LogP contribution in [-0.2, 0) is 19.1 Å². The summed E-state index contributed by atoms with van der Waals surface area (Å²) in [7, 11) is 0. The van der Waals surface area contributed by atoms with E-state index in [4.69, 9.17) is 14.5 Å². The summed E-state index contributed by atoms with van der Waals surface area (Å²) in [4.78, 5) is 66.6. The number of thiazole rings is 1. The molecule has 4 saturated heterocycles. The Morgan fingerprint density at radius 1 is 0.975 bits per heavy atom. The van der Waals surface area contributed by atoms with E-state index in [1.807, 2.05) is 64.4 Å². The number of aliphatic hydroxyl groups is 1. The molecule has 2 bridgehead atoms. The number of phenolic OH excluding ortho intramolecular Hbond substituents is 1. The summed E-state index contributed by atoms with van der Waals surface area (Å²) in [5, 5.41) is 31.2. The summed E-state index contributed by atoms with van der Waals surface area (Å²) in [6.45, 7) is 14.8. The minimum atomic E-state index is -1.19. The van der Waals surface area contributed by atoms with Gasteiger partial charge < -0.3 is 45.4 Å². The van der Waals surface area contributed by atoms with Crippen LogP contribution < -0.4 is 25.6 Å². The molecular weight excluding hydrogens is 1040 g/mol. The standard InChI is InChI=1S/C58H69F3N10O7S/c1-32(34-9-11-35(12-10-34)51-33(2)63-31-79-51)64-54(75)44-25-40(73)29-71(44)55(76)52(57(3,4)5)66-45(74)17-22-77-21-8-20-70-19-7-18-58(70,6)30-78-56-67-50-42(53(68-56)69-27-37-14-15-38(28-69)65-37)26-62-49(48(50)61)41-24-39(72)23-36-13-16-43(59)47(60)46(36)41/h9-13,16,23-24,26,31-32,37-38,40,44,52,65,72-73H,7-8,14-15,17-22,25,27-30H2,1-6H3,(H,64,75)(H,66,74)/t32-,37?,38?,40+,44-,52+,58-/m0/s1. The van der Waals surface area contributed by atoms with Crippen LogP contribution in [0.4, 0.5) is 19.0 Å². The minimum absolute atomic E-state index is 0.00153. The Labute approximate surface area is 461 Å². The molecule has 21 heteroatoms. The van der Waals surface area contributed by atoms with Crippen molar-refractivity contribution >= 4 is 56.6 Å². The molecule has 10 rings (SSSR count). The Kier molecular flexibility index (Phi) is 16.2. The number of ether oxygens (including phenoxy) is 2. The summed E-state index contributed by atoms with van der Waals surface area (Å²) < 4.78 is 59.4. The lowest BCUT2D eigenvalue weighted by Crippen LogP contribution is -2.58. The van der Waals surface area contributed by atoms with Gasteiger partial charge in [0.2, 0.25) is 17.7 Å². The first-order valence-electron chi connectivity index (χ1n) is 27.3. The highest BCUT2D eigenvalue weighted by Gasteiger charge is 2.45. The fraction of sp³-hybridized carbons (Fsp3) is 0.500. The molecule has 7 heterocycles. The molecule has 4 fully saturated rings. The van der Waals surface area contributed by atoms with Gasteiger partial charge in [-0.3, -0.25) is 24.3 Å². The summed E-state index contributed by atoms with van der Waals surface area (Å²) in [5.74, 6) is -4.21. The fourth-order valence-electron chi connectivity index (χ4n) is 11.8. The molecule has 0 aliphatic carbocycles. The van der Waals surface area contributed by atoms with E-state index in [-0.39, 0.29) is 102 Å². The number of anilines is 1. The first kappa shape index (κ1) is 55.8. The number of phenols is 1. The van der Waals surface area contributed by atoms with Crippen molar-refractivity contribution in [1.82, 2.24) is 45.7 Å². The zero-order chi connectivity index (χ0) is 55.9. The maximum Gasteiger partial charge on any atom is 0.319 e. The number of rotatable bonds is 18. The van der Waals surface area contributed by atoms with Crippen molar-refractivity contribution < 1.29 is 47.2 Å². The van der Waals surface area contributed by atoms with E-state index in [2.05, 4.69) is 47.6 Å². The number of nitrogens with zero attached hydrogens (tertiary/aromatic N) is 7. The Hall–Kier alpha value is -6.52. The summed E-state index contributed by atoms with van der Waals surface area (Å²) in [6.07, 6.45) is 4.97. The van der Waals surface area contributed by atoms with Gasteiger partial charge in [0, 0.05) is 74.9 Å². The molecule has 2 unspecified atom stereocenters. The Morgan fingerprint density at radius 3 is 2.46 bits per heavy atom. The number of β-amino-alcohol motifs (C(OH)–C–C–N with tert-alkyl or cyclic N) is 1. The third-order valence-corrected chi connectivity index (χ3v) is 17.1. The molecular formula is C58H69F3N10O7S. The minimum Gasteiger partial charge on any atom is -0.508 e. The monoisotopic (exact) mass is 1110 g/mol. The van der Waals surface area contributed by atoms with Crippen molar-refractivity contribution in [3.8, 4) is 33.5 Å². The van der Waals surface area contributed by atoms with Crippen LogP contribution in [0, 0.1) is 29.8 Å². The van der Waals surface area contributed by atoms with E-state index in [0.29, 0.717) is 43.9 Å². The molecule has 5 N–H and O–H groups in total. The number of hydrogen-bond donors (Lipinski definition) is 5. The highest BCUT2D eigenvalue weighted by Crippen LogP contribution is 2.40. The first-order valence-corrected chi connectivity index (χ1v) is 28.1. The van der Waals surface area contributed by atoms with E-state index < -0.39 is 52.5 Å². The molecule has 420 valence electrons.